The van der Waals surface area contributed by atoms with Gasteiger partial charge in [0.25, 0.3) is 0 Å². The van der Waals surface area contributed by atoms with Gasteiger partial charge in [0, 0.05) is 5.56 Å². The van der Waals surface area contributed by atoms with Crippen LogP contribution >= 0.6 is 0 Å². The molecule has 0 saturated heterocycles. The molecule has 0 aliphatic rings. The maximum Gasteiger partial charge on any atom is 0.150 e. The van der Waals surface area contributed by atoms with E-state index in [1.807, 2.05) is 6.92 Å². The molecule has 0 spiro atoms. The molecule has 0 aliphatic carbocycles. The number of aryl methyl sites for hydroxylation is 1. The van der Waals surface area contributed by atoms with Crippen LogP contribution in [0.3, 0.4) is 0 Å². The Balaban J connectivity index is 2.65. The molecule has 1 rings (SSSR count). The molecule has 0 aliphatic heterocycles. The van der Waals surface area contributed by atoms with Gasteiger partial charge in [0.2, 0.25) is 0 Å². The van der Waals surface area contributed by atoms with Gasteiger partial charge in [-0.15, -0.1) is 0 Å². The third-order valence-electron chi connectivity index (χ3n) is 1.98. The molecule has 0 fully saturated rings. The van der Waals surface area contributed by atoms with Crippen molar-refractivity contribution in [1.29, 1.82) is 0 Å². The van der Waals surface area contributed by atoms with Crippen LogP contribution in [0.2, 0.25) is 0 Å². The number of aldehydes is 1. The smallest absolute Gasteiger partial charge is 0.150 e. The quantitative estimate of drug-likeness (QED) is 0.696. The number of benzene rings is 1. The van der Waals surface area contributed by atoms with Crippen molar-refractivity contribution in [1.82, 2.24) is 0 Å². The summed E-state index contributed by atoms with van der Waals surface area (Å²) in [6.45, 7) is 1.52. The van der Waals surface area contributed by atoms with Gasteiger partial charge in [-0.1, -0.05) is 0 Å². The average molecular weight is 210 g/mol. The minimum atomic E-state index is -0.879. The first-order chi connectivity index (χ1) is 7.17. The van der Waals surface area contributed by atoms with E-state index in [9.17, 15) is 4.79 Å². The molecule has 15 heavy (non-hydrogen) atoms. The van der Waals surface area contributed by atoms with Crippen LogP contribution in [-0.2, 0) is 0 Å². The molecule has 0 saturated carbocycles. The third kappa shape index (κ3) is 3.34. The maximum absolute atomic E-state index is 10.5. The van der Waals surface area contributed by atoms with E-state index < -0.39 is 6.10 Å². The standard InChI is InChI=1S/C11H14O4/c1-8-4-9(5-12)2-3-11(8)15-7-10(14)6-13/h2-5,10,13-14H,6-7H2,1H3/t10-/m1/s1. The van der Waals surface area contributed by atoms with Crippen molar-refractivity contribution in [2.24, 2.45) is 0 Å². The first kappa shape index (κ1) is 11.7. The number of carbonyl (C=O) groups is 1. The predicted octanol–water partition coefficient (Wildman–Crippen LogP) is 0.540. The molecule has 1 aromatic carbocycles. The number of aliphatic hydroxyl groups is 2. The number of hydrogen-bond acceptors (Lipinski definition) is 4. The van der Waals surface area contributed by atoms with Crippen molar-refractivity contribution in [2.45, 2.75) is 13.0 Å². The Bertz CT molecular complexity index is 335. The zero-order valence-corrected chi connectivity index (χ0v) is 8.51. The second kappa shape index (κ2) is 5.48. The summed E-state index contributed by atoms with van der Waals surface area (Å²) in [5.41, 5.74) is 1.41. The van der Waals surface area contributed by atoms with Crippen LogP contribution in [0.5, 0.6) is 5.75 Å². The maximum atomic E-state index is 10.5. The highest BCUT2D eigenvalue weighted by molar-refractivity contribution is 5.75. The summed E-state index contributed by atoms with van der Waals surface area (Å²) in [5.74, 6) is 0.605. The molecule has 0 amide bonds. The van der Waals surface area contributed by atoms with E-state index in [1.54, 1.807) is 18.2 Å². The second-order valence-corrected chi connectivity index (χ2v) is 3.29. The number of ether oxygens (including phenoxy) is 1. The van der Waals surface area contributed by atoms with Crippen LogP contribution in [-0.4, -0.2) is 35.8 Å². The Kier molecular flexibility index (Phi) is 4.27. The molecule has 0 aromatic heterocycles. The van der Waals surface area contributed by atoms with Crippen LogP contribution < -0.4 is 4.74 Å². The van der Waals surface area contributed by atoms with Gasteiger partial charge in [0.1, 0.15) is 24.7 Å². The Labute approximate surface area is 88.1 Å². The number of rotatable bonds is 5. The summed E-state index contributed by atoms with van der Waals surface area (Å²) in [7, 11) is 0. The van der Waals surface area contributed by atoms with Crippen molar-refractivity contribution in [3.63, 3.8) is 0 Å². The van der Waals surface area contributed by atoms with E-state index in [4.69, 9.17) is 14.9 Å². The Hall–Kier alpha value is -1.39. The van der Waals surface area contributed by atoms with Gasteiger partial charge in [-0.25, -0.2) is 0 Å². The highest BCUT2D eigenvalue weighted by Crippen LogP contribution is 2.18. The fraction of sp³-hybridized carbons (Fsp3) is 0.364. The van der Waals surface area contributed by atoms with Gasteiger partial charge in [-0.2, -0.15) is 0 Å². The molecule has 2 N–H and O–H groups in total. The van der Waals surface area contributed by atoms with Gasteiger partial charge in [0.15, 0.2) is 0 Å². The lowest BCUT2D eigenvalue weighted by molar-refractivity contribution is 0.0534. The molecule has 0 bridgehead atoms. The molecule has 82 valence electrons. The van der Waals surface area contributed by atoms with Crippen molar-refractivity contribution in [3.05, 3.63) is 29.3 Å². The van der Waals surface area contributed by atoms with E-state index in [1.165, 1.54) is 0 Å². The second-order valence-electron chi connectivity index (χ2n) is 3.29. The lowest BCUT2D eigenvalue weighted by Crippen LogP contribution is -2.21. The zero-order chi connectivity index (χ0) is 11.3. The third-order valence-corrected chi connectivity index (χ3v) is 1.98. The van der Waals surface area contributed by atoms with E-state index in [0.717, 1.165) is 11.8 Å². The highest BCUT2D eigenvalue weighted by atomic mass is 16.5. The van der Waals surface area contributed by atoms with E-state index in [0.29, 0.717) is 11.3 Å². The van der Waals surface area contributed by atoms with Crippen molar-refractivity contribution in [3.8, 4) is 5.75 Å². The van der Waals surface area contributed by atoms with Gasteiger partial charge < -0.3 is 14.9 Å². The van der Waals surface area contributed by atoms with Crippen molar-refractivity contribution in [2.75, 3.05) is 13.2 Å². The van der Waals surface area contributed by atoms with Crippen molar-refractivity contribution >= 4 is 6.29 Å². The first-order valence-electron chi connectivity index (χ1n) is 4.65. The number of carbonyl (C=O) groups excluding carboxylic acids is 1. The molecule has 0 radical (unpaired) electrons. The first-order valence-corrected chi connectivity index (χ1v) is 4.65. The highest BCUT2D eigenvalue weighted by Gasteiger charge is 2.05. The SMILES string of the molecule is Cc1cc(C=O)ccc1OC[C@H](O)CO. The van der Waals surface area contributed by atoms with Crippen LogP contribution in [0.15, 0.2) is 18.2 Å². The molecule has 4 nitrogen and oxygen atoms in total. The minimum absolute atomic E-state index is 0.0395. The minimum Gasteiger partial charge on any atom is -0.491 e. The van der Waals surface area contributed by atoms with Gasteiger partial charge >= 0.3 is 0 Å². The van der Waals surface area contributed by atoms with E-state index >= 15 is 0 Å². The monoisotopic (exact) mass is 210 g/mol. The summed E-state index contributed by atoms with van der Waals surface area (Å²) in [6, 6.07) is 5.01. The van der Waals surface area contributed by atoms with Crippen LogP contribution in [0.25, 0.3) is 0 Å². The lowest BCUT2D eigenvalue weighted by atomic mass is 10.1. The topological polar surface area (TPSA) is 66.8 Å². The number of hydrogen-bond donors (Lipinski definition) is 2. The average Bonchev–Trinajstić information content (AvgIpc) is 2.26. The number of aliphatic hydroxyl groups excluding tert-OH is 2. The lowest BCUT2D eigenvalue weighted by Gasteiger charge is -2.11. The Morgan fingerprint density at radius 3 is 2.80 bits per heavy atom. The summed E-state index contributed by atoms with van der Waals surface area (Å²) in [5, 5.41) is 17.7. The molecule has 4 heteroatoms. The molecular formula is C11H14O4. The Morgan fingerprint density at radius 2 is 2.27 bits per heavy atom. The fourth-order valence-corrected chi connectivity index (χ4v) is 1.15. The predicted molar refractivity (Wildman–Crippen MR) is 55.2 cm³/mol. The van der Waals surface area contributed by atoms with Gasteiger partial charge in [0.05, 0.1) is 6.61 Å². The van der Waals surface area contributed by atoms with Crippen LogP contribution in [0.4, 0.5) is 0 Å². The van der Waals surface area contributed by atoms with Crippen LogP contribution in [0.1, 0.15) is 15.9 Å². The molecule has 1 aromatic rings. The zero-order valence-electron chi connectivity index (χ0n) is 8.51. The van der Waals surface area contributed by atoms with E-state index in [-0.39, 0.29) is 13.2 Å². The summed E-state index contributed by atoms with van der Waals surface area (Å²) < 4.78 is 5.26. The van der Waals surface area contributed by atoms with E-state index in [2.05, 4.69) is 0 Å². The van der Waals surface area contributed by atoms with Crippen LogP contribution in [0, 0.1) is 6.92 Å². The molecule has 0 unspecified atom stereocenters. The summed E-state index contributed by atoms with van der Waals surface area (Å²) in [4.78, 5) is 10.5. The molecular weight excluding hydrogens is 196 g/mol. The normalized spacial score (nSPS) is 12.2. The fourth-order valence-electron chi connectivity index (χ4n) is 1.15. The summed E-state index contributed by atoms with van der Waals surface area (Å²) in [6.07, 6.45) is -0.116. The molecule has 0 heterocycles. The Morgan fingerprint density at radius 1 is 1.53 bits per heavy atom. The molecule has 1 atom stereocenters. The van der Waals surface area contributed by atoms with Gasteiger partial charge in [-0.05, 0) is 30.7 Å². The van der Waals surface area contributed by atoms with Crippen molar-refractivity contribution < 1.29 is 19.7 Å². The van der Waals surface area contributed by atoms with Gasteiger partial charge in [-0.3, -0.25) is 4.79 Å². The summed E-state index contributed by atoms with van der Waals surface area (Å²) >= 11 is 0. The largest absolute Gasteiger partial charge is 0.491 e.